The van der Waals surface area contributed by atoms with Gasteiger partial charge in [-0.2, -0.15) is 0 Å². The molecule has 0 aliphatic carbocycles. The van der Waals surface area contributed by atoms with Crippen LogP contribution in [0.2, 0.25) is 0 Å². The lowest BCUT2D eigenvalue weighted by molar-refractivity contribution is 0.354. The van der Waals surface area contributed by atoms with Gasteiger partial charge in [0.1, 0.15) is 0 Å². The standard InChI is InChI=1S/C11H25N3/c1-6-10(5)8-14(7-2)11(12)13-9(3)4/h9-10H,6-8H2,1-5H3,(H2,12,13). The van der Waals surface area contributed by atoms with E-state index >= 15 is 0 Å². The monoisotopic (exact) mass is 199 g/mol. The van der Waals surface area contributed by atoms with E-state index in [0.29, 0.717) is 11.9 Å². The van der Waals surface area contributed by atoms with Crippen LogP contribution in [0.1, 0.15) is 41.0 Å². The van der Waals surface area contributed by atoms with E-state index in [1.807, 2.05) is 13.8 Å². The molecule has 0 spiro atoms. The quantitative estimate of drug-likeness (QED) is 0.544. The maximum absolute atomic E-state index is 5.91. The lowest BCUT2D eigenvalue weighted by Gasteiger charge is -2.25. The van der Waals surface area contributed by atoms with Gasteiger partial charge in [-0.1, -0.05) is 20.3 Å². The molecule has 0 aromatic carbocycles. The molecule has 14 heavy (non-hydrogen) atoms. The molecule has 1 unspecified atom stereocenters. The molecule has 2 N–H and O–H groups in total. The molecule has 0 amide bonds. The molecule has 1 atom stereocenters. The number of nitrogens with zero attached hydrogens (tertiary/aromatic N) is 2. The summed E-state index contributed by atoms with van der Waals surface area (Å²) < 4.78 is 0. The molecule has 3 heteroatoms. The third-order valence-corrected chi connectivity index (χ3v) is 2.33. The summed E-state index contributed by atoms with van der Waals surface area (Å²) in [7, 11) is 0. The average molecular weight is 199 g/mol. The summed E-state index contributed by atoms with van der Waals surface area (Å²) in [6, 6.07) is 0.279. The minimum atomic E-state index is 0.279. The first-order valence-electron chi connectivity index (χ1n) is 5.59. The fraction of sp³-hybridized carbons (Fsp3) is 0.909. The molecule has 3 nitrogen and oxygen atoms in total. The Hall–Kier alpha value is -0.730. The van der Waals surface area contributed by atoms with Gasteiger partial charge in [-0.3, -0.25) is 4.99 Å². The van der Waals surface area contributed by atoms with Crippen LogP contribution in [0.4, 0.5) is 0 Å². The van der Waals surface area contributed by atoms with Gasteiger partial charge in [-0.15, -0.1) is 0 Å². The summed E-state index contributed by atoms with van der Waals surface area (Å²) in [4.78, 5) is 6.50. The molecule has 0 rings (SSSR count). The number of hydrogen-bond acceptors (Lipinski definition) is 1. The topological polar surface area (TPSA) is 41.6 Å². The molecule has 84 valence electrons. The predicted molar refractivity (Wildman–Crippen MR) is 63.5 cm³/mol. The maximum Gasteiger partial charge on any atom is 0.191 e. The number of nitrogens with two attached hydrogens (primary N) is 1. The maximum atomic E-state index is 5.91. The van der Waals surface area contributed by atoms with Crippen molar-refractivity contribution in [2.45, 2.75) is 47.1 Å². The highest BCUT2D eigenvalue weighted by atomic mass is 15.2. The molecule has 0 aliphatic rings. The van der Waals surface area contributed by atoms with Crippen LogP contribution in [0, 0.1) is 5.92 Å². The molecular weight excluding hydrogens is 174 g/mol. The van der Waals surface area contributed by atoms with E-state index in [4.69, 9.17) is 5.73 Å². The Balaban J connectivity index is 4.25. The van der Waals surface area contributed by atoms with Crippen molar-refractivity contribution in [2.24, 2.45) is 16.6 Å². The van der Waals surface area contributed by atoms with E-state index in [1.54, 1.807) is 0 Å². The highest BCUT2D eigenvalue weighted by Gasteiger charge is 2.09. The normalized spacial score (nSPS) is 14.6. The minimum absolute atomic E-state index is 0.279. The predicted octanol–water partition coefficient (Wildman–Crippen LogP) is 2.08. The lowest BCUT2D eigenvalue weighted by atomic mass is 10.1. The van der Waals surface area contributed by atoms with Crippen LogP contribution in [-0.2, 0) is 0 Å². The first-order chi connectivity index (χ1) is 6.51. The molecule has 0 saturated heterocycles. The SMILES string of the molecule is CCC(C)CN(CC)C(N)=NC(C)C. The van der Waals surface area contributed by atoms with Crippen LogP contribution < -0.4 is 5.73 Å². The zero-order chi connectivity index (χ0) is 11.1. The van der Waals surface area contributed by atoms with Gasteiger partial charge in [0.05, 0.1) is 0 Å². The first-order valence-corrected chi connectivity index (χ1v) is 5.59. The minimum Gasteiger partial charge on any atom is -0.370 e. The van der Waals surface area contributed by atoms with Crippen LogP contribution in [0.15, 0.2) is 4.99 Å². The second-order valence-corrected chi connectivity index (χ2v) is 4.13. The van der Waals surface area contributed by atoms with Crippen LogP contribution >= 0.6 is 0 Å². The Morgan fingerprint density at radius 3 is 2.21 bits per heavy atom. The van der Waals surface area contributed by atoms with Gasteiger partial charge < -0.3 is 10.6 Å². The molecule has 0 aromatic heterocycles. The van der Waals surface area contributed by atoms with Crippen LogP contribution in [0.5, 0.6) is 0 Å². The van der Waals surface area contributed by atoms with Crippen molar-refractivity contribution in [3.63, 3.8) is 0 Å². The van der Waals surface area contributed by atoms with Gasteiger partial charge >= 0.3 is 0 Å². The highest BCUT2D eigenvalue weighted by molar-refractivity contribution is 5.78. The number of rotatable bonds is 5. The molecule has 0 heterocycles. The van der Waals surface area contributed by atoms with Crippen molar-refractivity contribution in [2.75, 3.05) is 13.1 Å². The smallest absolute Gasteiger partial charge is 0.191 e. The van der Waals surface area contributed by atoms with E-state index < -0.39 is 0 Å². The molecule has 0 radical (unpaired) electrons. The Morgan fingerprint density at radius 2 is 1.86 bits per heavy atom. The van der Waals surface area contributed by atoms with Gasteiger partial charge in [0.2, 0.25) is 0 Å². The summed E-state index contributed by atoms with van der Waals surface area (Å²) >= 11 is 0. The molecule has 0 aromatic rings. The Bertz CT molecular complexity index is 175. The van der Waals surface area contributed by atoms with E-state index in [-0.39, 0.29) is 6.04 Å². The van der Waals surface area contributed by atoms with Crippen LogP contribution in [0.25, 0.3) is 0 Å². The summed E-state index contributed by atoms with van der Waals surface area (Å²) in [6.45, 7) is 12.6. The molecular formula is C11H25N3. The fourth-order valence-corrected chi connectivity index (χ4v) is 1.24. The van der Waals surface area contributed by atoms with E-state index in [9.17, 15) is 0 Å². The Morgan fingerprint density at radius 1 is 1.29 bits per heavy atom. The number of guanidine groups is 1. The molecule has 0 bridgehead atoms. The largest absolute Gasteiger partial charge is 0.370 e. The first kappa shape index (κ1) is 13.3. The molecule has 0 saturated carbocycles. The van der Waals surface area contributed by atoms with Crippen molar-refractivity contribution in [1.29, 1.82) is 0 Å². The number of aliphatic imine (C=N–C) groups is 1. The van der Waals surface area contributed by atoms with Gasteiger partial charge in [-0.05, 0) is 26.7 Å². The second kappa shape index (κ2) is 6.68. The van der Waals surface area contributed by atoms with Gasteiger partial charge in [-0.25, -0.2) is 0 Å². The Kier molecular flexibility index (Phi) is 6.34. The second-order valence-electron chi connectivity index (χ2n) is 4.13. The van der Waals surface area contributed by atoms with Gasteiger partial charge in [0, 0.05) is 19.1 Å². The molecule has 0 aliphatic heterocycles. The lowest BCUT2D eigenvalue weighted by Crippen LogP contribution is -2.40. The zero-order valence-corrected chi connectivity index (χ0v) is 10.2. The summed E-state index contributed by atoms with van der Waals surface area (Å²) in [5.41, 5.74) is 5.91. The van der Waals surface area contributed by atoms with Gasteiger partial charge in [0.15, 0.2) is 5.96 Å². The molecule has 0 fully saturated rings. The zero-order valence-electron chi connectivity index (χ0n) is 10.2. The van der Waals surface area contributed by atoms with Crippen molar-refractivity contribution in [3.8, 4) is 0 Å². The number of hydrogen-bond donors (Lipinski definition) is 1. The summed E-state index contributed by atoms with van der Waals surface area (Å²) in [6.07, 6.45) is 1.19. The van der Waals surface area contributed by atoms with Crippen molar-refractivity contribution in [1.82, 2.24) is 4.90 Å². The van der Waals surface area contributed by atoms with E-state index in [2.05, 4.69) is 30.7 Å². The van der Waals surface area contributed by atoms with Crippen LogP contribution in [-0.4, -0.2) is 30.0 Å². The average Bonchev–Trinajstić information content (AvgIpc) is 2.12. The third-order valence-electron chi connectivity index (χ3n) is 2.33. The summed E-state index contributed by atoms with van der Waals surface area (Å²) in [5, 5.41) is 0. The summed E-state index contributed by atoms with van der Waals surface area (Å²) in [5.74, 6) is 1.36. The van der Waals surface area contributed by atoms with Crippen LogP contribution in [0.3, 0.4) is 0 Å². The van der Waals surface area contributed by atoms with Crippen molar-refractivity contribution < 1.29 is 0 Å². The Labute approximate surface area is 88.4 Å². The van der Waals surface area contributed by atoms with E-state index in [0.717, 1.165) is 13.1 Å². The third kappa shape index (κ3) is 5.10. The van der Waals surface area contributed by atoms with Crippen molar-refractivity contribution >= 4 is 5.96 Å². The van der Waals surface area contributed by atoms with Crippen molar-refractivity contribution in [3.05, 3.63) is 0 Å². The van der Waals surface area contributed by atoms with E-state index in [1.165, 1.54) is 6.42 Å². The van der Waals surface area contributed by atoms with Gasteiger partial charge in [0.25, 0.3) is 0 Å². The highest BCUT2D eigenvalue weighted by Crippen LogP contribution is 2.04. The fourth-order valence-electron chi connectivity index (χ4n) is 1.24.